The van der Waals surface area contributed by atoms with Gasteiger partial charge in [0, 0.05) is 32.7 Å². The predicted octanol–water partition coefficient (Wildman–Crippen LogP) is 1.51. The second-order valence-electron chi connectivity index (χ2n) is 4.61. The Morgan fingerprint density at radius 1 is 1.26 bits per heavy atom. The fourth-order valence-corrected chi connectivity index (χ4v) is 2.27. The first-order valence-electron chi connectivity index (χ1n) is 6.49. The number of carbonyl (C=O) groups is 1. The standard InChI is InChI=1S/C14H19FN2O2/c1-19-14(18)6-7-16-8-10-17(11-9-16)13-5-3-2-4-12(13)15/h2-5H,6-11H2,1H3. The molecule has 1 aromatic rings. The molecule has 0 spiro atoms. The molecule has 4 nitrogen and oxygen atoms in total. The Morgan fingerprint density at radius 2 is 1.95 bits per heavy atom. The van der Waals surface area contributed by atoms with Gasteiger partial charge in [-0.1, -0.05) is 12.1 Å². The molecule has 5 heteroatoms. The average Bonchev–Trinajstić information content (AvgIpc) is 2.46. The predicted molar refractivity (Wildman–Crippen MR) is 71.7 cm³/mol. The Kier molecular flexibility index (Phi) is 4.74. The van der Waals surface area contributed by atoms with E-state index in [4.69, 9.17) is 0 Å². The summed E-state index contributed by atoms with van der Waals surface area (Å²) >= 11 is 0. The molecular formula is C14H19FN2O2. The molecule has 1 heterocycles. The number of hydrogen-bond donors (Lipinski definition) is 0. The van der Waals surface area contributed by atoms with Crippen molar-refractivity contribution >= 4 is 11.7 Å². The van der Waals surface area contributed by atoms with E-state index in [1.165, 1.54) is 13.2 Å². The third kappa shape index (κ3) is 3.67. The summed E-state index contributed by atoms with van der Waals surface area (Å²) in [5.41, 5.74) is 0.662. The SMILES string of the molecule is COC(=O)CCN1CCN(c2ccccc2F)CC1. The lowest BCUT2D eigenvalue weighted by Crippen LogP contribution is -2.47. The van der Waals surface area contributed by atoms with Gasteiger partial charge in [0.2, 0.25) is 0 Å². The summed E-state index contributed by atoms with van der Waals surface area (Å²) in [6.45, 7) is 3.94. The Bertz CT molecular complexity index is 431. The zero-order valence-corrected chi connectivity index (χ0v) is 11.1. The largest absolute Gasteiger partial charge is 0.469 e. The molecule has 1 fully saturated rings. The summed E-state index contributed by atoms with van der Waals surface area (Å²) < 4.78 is 18.3. The van der Waals surface area contributed by atoms with Crippen LogP contribution in [0.3, 0.4) is 0 Å². The molecule has 0 N–H and O–H groups in total. The minimum absolute atomic E-state index is 0.175. The number of halogens is 1. The number of piperazine rings is 1. The number of esters is 1. The smallest absolute Gasteiger partial charge is 0.306 e. The summed E-state index contributed by atoms with van der Waals surface area (Å²) in [5.74, 6) is -0.359. The zero-order chi connectivity index (χ0) is 13.7. The highest BCUT2D eigenvalue weighted by atomic mass is 19.1. The van der Waals surface area contributed by atoms with Crippen molar-refractivity contribution in [3.05, 3.63) is 30.1 Å². The number of para-hydroxylation sites is 1. The minimum Gasteiger partial charge on any atom is -0.469 e. The van der Waals surface area contributed by atoms with Crippen LogP contribution in [0.4, 0.5) is 10.1 Å². The molecule has 1 aliphatic rings. The Balaban J connectivity index is 1.83. The van der Waals surface area contributed by atoms with Gasteiger partial charge in [-0.3, -0.25) is 9.69 Å². The molecule has 2 rings (SSSR count). The number of nitrogens with zero attached hydrogens (tertiary/aromatic N) is 2. The molecule has 0 saturated carbocycles. The minimum atomic E-state index is -0.184. The summed E-state index contributed by atoms with van der Waals surface area (Å²) in [6.07, 6.45) is 0.413. The van der Waals surface area contributed by atoms with Crippen molar-refractivity contribution in [2.45, 2.75) is 6.42 Å². The normalized spacial score (nSPS) is 16.4. The van der Waals surface area contributed by atoms with E-state index >= 15 is 0 Å². The number of hydrogen-bond acceptors (Lipinski definition) is 4. The van der Waals surface area contributed by atoms with E-state index in [2.05, 4.69) is 9.64 Å². The van der Waals surface area contributed by atoms with Gasteiger partial charge in [-0.2, -0.15) is 0 Å². The lowest BCUT2D eigenvalue weighted by atomic mass is 10.2. The molecule has 0 amide bonds. The van der Waals surface area contributed by atoms with Crippen LogP contribution >= 0.6 is 0 Å². The molecule has 0 aliphatic carbocycles. The first kappa shape index (κ1) is 13.8. The third-order valence-electron chi connectivity index (χ3n) is 3.43. The van der Waals surface area contributed by atoms with Gasteiger partial charge in [0.1, 0.15) is 5.82 Å². The van der Waals surface area contributed by atoms with E-state index in [-0.39, 0.29) is 11.8 Å². The van der Waals surface area contributed by atoms with Gasteiger partial charge in [0.15, 0.2) is 0 Å². The van der Waals surface area contributed by atoms with E-state index in [0.717, 1.165) is 26.2 Å². The topological polar surface area (TPSA) is 32.8 Å². The highest BCUT2D eigenvalue weighted by molar-refractivity contribution is 5.69. The highest BCUT2D eigenvalue weighted by Gasteiger charge is 2.19. The fourth-order valence-electron chi connectivity index (χ4n) is 2.27. The Hall–Kier alpha value is -1.62. The number of rotatable bonds is 4. The summed E-state index contributed by atoms with van der Waals surface area (Å²) in [6, 6.07) is 6.84. The molecule has 0 bridgehead atoms. The van der Waals surface area contributed by atoms with Crippen molar-refractivity contribution in [3.63, 3.8) is 0 Å². The first-order valence-corrected chi connectivity index (χ1v) is 6.49. The second kappa shape index (κ2) is 6.52. The molecule has 0 unspecified atom stereocenters. The molecule has 0 atom stereocenters. The van der Waals surface area contributed by atoms with Crippen LogP contribution in [0.15, 0.2) is 24.3 Å². The van der Waals surface area contributed by atoms with E-state index in [1.807, 2.05) is 11.0 Å². The van der Waals surface area contributed by atoms with Crippen molar-refractivity contribution in [1.29, 1.82) is 0 Å². The number of anilines is 1. The van der Waals surface area contributed by atoms with Crippen LogP contribution in [-0.2, 0) is 9.53 Å². The van der Waals surface area contributed by atoms with Crippen LogP contribution in [0, 0.1) is 5.82 Å². The molecular weight excluding hydrogens is 247 g/mol. The van der Waals surface area contributed by atoms with Crippen LogP contribution in [0.2, 0.25) is 0 Å². The van der Waals surface area contributed by atoms with E-state index in [9.17, 15) is 9.18 Å². The maximum absolute atomic E-state index is 13.7. The lowest BCUT2D eigenvalue weighted by molar-refractivity contribution is -0.141. The van der Waals surface area contributed by atoms with Crippen LogP contribution in [0.25, 0.3) is 0 Å². The summed E-state index contributed by atoms with van der Waals surface area (Å²) in [4.78, 5) is 15.3. The van der Waals surface area contributed by atoms with Crippen LogP contribution < -0.4 is 4.90 Å². The van der Waals surface area contributed by atoms with E-state index < -0.39 is 0 Å². The number of methoxy groups -OCH3 is 1. The fraction of sp³-hybridized carbons (Fsp3) is 0.500. The molecule has 0 radical (unpaired) electrons. The molecule has 19 heavy (non-hydrogen) atoms. The maximum atomic E-state index is 13.7. The van der Waals surface area contributed by atoms with Crippen molar-refractivity contribution in [2.24, 2.45) is 0 Å². The van der Waals surface area contributed by atoms with Gasteiger partial charge in [-0.25, -0.2) is 4.39 Å². The number of carbonyl (C=O) groups excluding carboxylic acids is 1. The van der Waals surface area contributed by atoms with Crippen LogP contribution in [0.5, 0.6) is 0 Å². The summed E-state index contributed by atoms with van der Waals surface area (Å²) in [7, 11) is 1.40. The average molecular weight is 266 g/mol. The van der Waals surface area contributed by atoms with Gasteiger partial charge in [-0.05, 0) is 12.1 Å². The van der Waals surface area contributed by atoms with Gasteiger partial charge in [-0.15, -0.1) is 0 Å². The molecule has 1 aromatic carbocycles. The first-order chi connectivity index (χ1) is 9.20. The van der Waals surface area contributed by atoms with Crippen molar-refractivity contribution in [1.82, 2.24) is 4.90 Å². The number of benzene rings is 1. The molecule has 104 valence electrons. The Labute approximate surface area is 112 Å². The van der Waals surface area contributed by atoms with Crippen LogP contribution in [0.1, 0.15) is 6.42 Å². The van der Waals surface area contributed by atoms with Crippen LogP contribution in [-0.4, -0.2) is 50.7 Å². The summed E-state index contributed by atoms with van der Waals surface area (Å²) in [5, 5.41) is 0. The maximum Gasteiger partial charge on any atom is 0.306 e. The van der Waals surface area contributed by atoms with Gasteiger partial charge in [0.25, 0.3) is 0 Å². The van der Waals surface area contributed by atoms with Crippen molar-refractivity contribution in [3.8, 4) is 0 Å². The van der Waals surface area contributed by atoms with Crippen molar-refractivity contribution in [2.75, 3.05) is 44.7 Å². The molecule has 0 aromatic heterocycles. The molecule has 1 saturated heterocycles. The zero-order valence-electron chi connectivity index (χ0n) is 11.1. The lowest BCUT2D eigenvalue weighted by Gasteiger charge is -2.36. The monoisotopic (exact) mass is 266 g/mol. The van der Waals surface area contributed by atoms with E-state index in [1.54, 1.807) is 12.1 Å². The van der Waals surface area contributed by atoms with Gasteiger partial charge >= 0.3 is 5.97 Å². The molecule has 1 aliphatic heterocycles. The highest BCUT2D eigenvalue weighted by Crippen LogP contribution is 2.20. The number of ether oxygens (including phenoxy) is 1. The second-order valence-corrected chi connectivity index (χ2v) is 4.61. The van der Waals surface area contributed by atoms with Gasteiger partial charge < -0.3 is 9.64 Å². The Morgan fingerprint density at radius 3 is 2.58 bits per heavy atom. The third-order valence-corrected chi connectivity index (χ3v) is 3.43. The van der Waals surface area contributed by atoms with Crippen molar-refractivity contribution < 1.29 is 13.9 Å². The quantitative estimate of drug-likeness (QED) is 0.773. The van der Waals surface area contributed by atoms with Gasteiger partial charge in [0.05, 0.1) is 19.2 Å². The van der Waals surface area contributed by atoms with E-state index in [0.29, 0.717) is 18.7 Å².